The first-order valence-corrected chi connectivity index (χ1v) is 9.55. The van der Waals surface area contributed by atoms with Crippen molar-refractivity contribution in [2.45, 2.75) is 32.2 Å². The number of thiocarbonyl (C=S) groups is 1. The summed E-state index contributed by atoms with van der Waals surface area (Å²) in [5.41, 5.74) is 0.866. The lowest BCUT2D eigenvalue weighted by atomic mass is 9.74. The summed E-state index contributed by atoms with van der Waals surface area (Å²) in [5, 5.41) is 7.27. The van der Waals surface area contributed by atoms with E-state index in [4.69, 9.17) is 21.7 Å². The van der Waals surface area contributed by atoms with Crippen LogP contribution < -0.4 is 20.1 Å². The van der Waals surface area contributed by atoms with Gasteiger partial charge in [0.05, 0.1) is 14.2 Å². The van der Waals surface area contributed by atoms with Crippen LogP contribution in [-0.4, -0.2) is 49.9 Å². The molecule has 0 aromatic heterocycles. The van der Waals surface area contributed by atoms with E-state index < -0.39 is 0 Å². The molecule has 1 unspecified atom stereocenters. The fraction of sp³-hybridized carbons (Fsp3) is 0.632. The topological polar surface area (TPSA) is 45.8 Å². The highest BCUT2D eigenvalue weighted by Crippen LogP contribution is 2.37. The van der Waals surface area contributed by atoms with Crippen LogP contribution in [0, 0.1) is 11.8 Å². The molecular weight excluding hydrogens is 334 g/mol. The maximum atomic E-state index is 5.47. The monoisotopic (exact) mass is 363 g/mol. The number of nitrogens with one attached hydrogen (secondary N) is 2. The lowest BCUT2D eigenvalue weighted by molar-refractivity contribution is 0.00212. The van der Waals surface area contributed by atoms with Gasteiger partial charge < -0.3 is 20.1 Å². The minimum Gasteiger partial charge on any atom is -0.497 e. The number of nitrogens with zero attached hydrogens (tertiary/aromatic N) is 1. The first kappa shape index (κ1) is 18.3. The molecule has 138 valence electrons. The first-order valence-electron chi connectivity index (χ1n) is 9.15. The Morgan fingerprint density at radius 2 is 1.96 bits per heavy atom. The fourth-order valence-corrected chi connectivity index (χ4v) is 4.39. The zero-order valence-electron chi connectivity index (χ0n) is 15.4. The van der Waals surface area contributed by atoms with Gasteiger partial charge in [-0.15, -0.1) is 0 Å². The minimum absolute atomic E-state index is 0.598. The molecule has 0 amide bonds. The van der Waals surface area contributed by atoms with E-state index in [0.29, 0.717) is 11.2 Å². The molecule has 3 aliphatic heterocycles. The number of piperidine rings is 3. The summed E-state index contributed by atoms with van der Waals surface area (Å²) >= 11 is 5.47. The van der Waals surface area contributed by atoms with Crippen molar-refractivity contribution in [3.05, 3.63) is 18.2 Å². The normalized spacial score (nSPS) is 27.6. The summed E-state index contributed by atoms with van der Waals surface area (Å²) in [6, 6.07) is 6.27. The SMILES string of the molecule is CC[C@H]1CN2CC[C@H]1C[C@@H]2CNC(=S)Nc1cc(OC)cc(OC)c1. The second kappa shape index (κ2) is 8.23. The number of anilines is 1. The number of rotatable bonds is 6. The molecule has 0 spiro atoms. The molecule has 6 heteroatoms. The smallest absolute Gasteiger partial charge is 0.170 e. The summed E-state index contributed by atoms with van der Waals surface area (Å²) in [7, 11) is 3.29. The quantitative estimate of drug-likeness (QED) is 0.758. The van der Waals surface area contributed by atoms with Gasteiger partial charge in [0.2, 0.25) is 0 Å². The van der Waals surface area contributed by atoms with Gasteiger partial charge in [0.25, 0.3) is 0 Å². The summed E-state index contributed by atoms with van der Waals surface area (Å²) < 4.78 is 10.6. The van der Waals surface area contributed by atoms with E-state index in [1.54, 1.807) is 14.2 Å². The third kappa shape index (κ3) is 4.36. The van der Waals surface area contributed by atoms with Crippen LogP contribution in [0.1, 0.15) is 26.2 Å². The Hall–Kier alpha value is -1.53. The predicted molar refractivity (Wildman–Crippen MR) is 106 cm³/mol. The van der Waals surface area contributed by atoms with Crippen LogP contribution in [0.15, 0.2) is 18.2 Å². The Morgan fingerprint density at radius 1 is 1.24 bits per heavy atom. The number of hydrogen-bond donors (Lipinski definition) is 2. The van der Waals surface area contributed by atoms with Crippen LogP contribution in [0.2, 0.25) is 0 Å². The average molecular weight is 364 g/mol. The van der Waals surface area contributed by atoms with Crippen molar-refractivity contribution in [3.8, 4) is 11.5 Å². The van der Waals surface area contributed by atoms with Gasteiger partial charge >= 0.3 is 0 Å². The maximum absolute atomic E-state index is 5.47. The van der Waals surface area contributed by atoms with Crippen molar-refractivity contribution >= 4 is 23.0 Å². The number of ether oxygens (including phenoxy) is 2. The second-order valence-electron chi connectivity index (χ2n) is 7.04. The van der Waals surface area contributed by atoms with Crippen molar-refractivity contribution < 1.29 is 9.47 Å². The summed E-state index contributed by atoms with van der Waals surface area (Å²) in [5.74, 6) is 3.27. The van der Waals surface area contributed by atoms with E-state index in [2.05, 4.69) is 22.5 Å². The molecule has 3 fully saturated rings. The standard InChI is InChI=1S/C19H29N3O2S/c1-4-13-12-22-6-5-14(13)7-16(22)11-20-19(25)21-15-8-17(23-2)10-18(9-15)24-3/h8-10,13-14,16H,4-7,11-12H2,1-3H3,(H2,20,21,25)/t13-,14-,16+/m0/s1. The minimum atomic E-state index is 0.598. The molecule has 0 aliphatic carbocycles. The van der Waals surface area contributed by atoms with Crippen LogP contribution in [0.5, 0.6) is 11.5 Å². The Morgan fingerprint density at radius 3 is 2.52 bits per heavy atom. The zero-order valence-corrected chi connectivity index (χ0v) is 16.2. The van der Waals surface area contributed by atoms with Crippen molar-refractivity contribution in [3.63, 3.8) is 0 Å². The first-order chi connectivity index (χ1) is 12.1. The number of benzene rings is 1. The van der Waals surface area contributed by atoms with Crippen LogP contribution in [0.3, 0.4) is 0 Å². The molecule has 1 aromatic rings. The van der Waals surface area contributed by atoms with Gasteiger partial charge in [-0.25, -0.2) is 0 Å². The average Bonchev–Trinajstić information content (AvgIpc) is 2.66. The molecule has 2 bridgehead atoms. The van der Waals surface area contributed by atoms with E-state index in [1.165, 1.54) is 32.4 Å². The second-order valence-corrected chi connectivity index (χ2v) is 7.45. The highest BCUT2D eigenvalue weighted by atomic mass is 32.1. The van der Waals surface area contributed by atoms with E-state index in [9.17, 15) is 0 Å². The van der Waals surface area contributed by atoms with Crippen LogP contribution in [0.25, 0.3) is 0 Å². The van der Waals surface area contributed by atoms with Gasteiger partial charge in [-0.2, -0.15) is 0 Å². The van der Waals surface area contributed by atoms with Crippen LogP contribution >= 0.6 is 12.2 Å². The maximum Gasteiger partial charge on any atom is 0.170 e. The molecule has 25 heavy (non-hydrogen) atoms. The van der Waals surface area contributed by atoms with Gasteiger partial charge in [-0.05, 0) is 43.4 Å². The Bertz CT molecular complexity index is 588. The highest BCUT2D eigenvalue weighted by Gasteiger charge is 2.38. The van der Waals surface area contributed by atoms with Gasteiger partial charge in [0, 0.05) is 43.0 Å². The summed E-state index contributed by atoms with van der Waals surface area (Å²) in [4.78, 5) is 2.64. The Labute approximate surface area is 156 Å². The van der Waals surface area contributed by atoms with Crippen molar-refractivity contribution in [2.24, 2.45) is 11.8 Å². The number of fused-ring (bicyclic) bond motifs is 3. The van der Waals surface area contributed by atoms with Crippen molar-refractivity contribution in [1.29, 1.82) is 0 Å². The summed E-state index contributed by atoms with van der Waals surface area (Å²) in [6.07, 6.45) is 3.96. The fourth-order valence-electron chi connectivity index (χ4n) is 4.19. The van der Waals surface area contributed by atoms with Crippen LogP contribution in [0.4, 0.5) is 5.69 Å². The van der Waals surface area contributed by atoms with Crippen LogP contribution in [-0.2, 0) is 0 Å². The molecule has 2 N–H and O–H groups in total. The van der Waals surface area contributed by atoms with E-state index in [-0.39, 0.29) is 0 Å². The van der Waals surface area contributed by atoms with Gasteiger partial charge in [-0.1, -0.05) is 13.3 Å². The van der Waals surface area contributed by atoms with E-state index in [0.717, 1.165) is 35.6 Å². The predicted octanol–water partition coefficient (Wildman–Crippen LogP) is 3.11. The number of hydrogen-bond acceptors (Lipinski definition) is 4. The van der Waals surface area contributed by atoms with E-state index in [1.807, 2.05) is 18.2 Å². The third-order valence-corrected chi connectivity index (χ3v) is 5.89. The van der Waals surface area contributed by atoms with E-state index >= 15 is 0 Å². The molecule has 0 radical (unpaired) electrons. The molecule has 1 aromatic carbocycles. The van der Waals surface area contributed by atoms with Crippen molar-refractivity contribution in [2.75, 3.05) is 39.2 Å². The highest BCUT2D eigenvalue weighted by molar-refractivity contribution is 7.80. The molecule has 3 heterocycles. The molecule has 4 atom stereocenters. The molecular formula is C19H29N3O2S. The largest absolute Gasteiger partial charge is 0.497 e. The Balaban J connectivity index is 1.52. The lowest BCUT2D eigenvalue weighted by Crippen LogP contribution is -2.56. The lowest BCUT2D eigenvalue weighted by Gasteiger charge is -2.50. The van der Waals surface area contributed by atoms with Gasteiger partial charge in [-0.3, -0.25) is 4.90 Å². The summed E-state index contributed by atoms with van der Waals surface area (Å²) in [6.45, 7) is 5.71. The molecule has 5 nitrogen and oxygen atoms in total. The molecule has 3 aliphatic rings. The molecule has 0 saturated carbocycles. The number of methoxy groups -OCH3 is 2. The zero-order chi connectivity index (χ0) is 17.8. The van der Waals surface area contributed by atoms with Gasteiger partial charge in [0.1, 0.15) is 11.5 Å². The molecule has 4 rings (SSSR count). The third-order valence-electron chi connectivity index (χ3n) is 5.65. The Kier molecular flexibility index (Phi) is 6.02. The van der Waals surface area contributed by atoms with Gasteiger partial charge in [0.15, 0.2) is 5.11 Å². The molecule has 3 saturated heterocycles. The van der Waals surface area contributed by atoms with Crippen molar-refractivity contribution in [1.82, 2.24) is 10.2 Å².